The highest BCUT2D eigenvalue weighted by molar-refractivity contribution is 5.66. The Labute approximate surface area is 171 Å². The fraction of sp³-hybridized carbons (Fsp3) is 0.652. The summed E-state index contributed by atoms with van der Waals surface area (Å²) in [5.41, 5.74) is 1.89. The summed E-state index contributed by atoms with van der Waals surface area (Å²) < 4.78 is 0. The molecule has 28 heavy (non-hydrogen) atoms. The molecule has 0 aliphatic heterocycles. The standard InChI is InChI=1S/C23H37N3O2/c1-3-14-25(15-4-2)16-7-8-18-26(17-6-5-9-23(27)28)20-22-12-10-21(19-24)11-13-22/h10-13H,3-9,14-18,20H2,1-2H3,(H,27,28). The fourth-order valence-electron chi connectivity index (χ4n) is 3.46. The summed E-state index contributed by atoms with van der Waals surface area (Å²) in [5.74, 6) is -0.717. The molecule has 0 unspecified atom stereocenters. The van der Waals surface area contributed by atoms with E-state index in [1.807, 2.05) is 24.3 Å². The Morgan fingerprint density at radius 3 is 1.93 bits per heavy atom. The summed E-state index contributed by atoms with van der Waals surface area (Å²) in [5, 5.41) is 17.8. The second kappa shape index (κ2) is 15.1. The van der Waals surface area contributed by atoms with Crippen LogP contribution in [0.25, 0.3) is 0 Å². The van der Waals surface area contributed by atoms with Crippen LogP contribution < -0.4 is 0 Å². The van der Waals surface area contributed by atoms with Crippen LogP contribution in [0.5, 0.6) is 0 Å². The molecule has 0 atom stereocenters. The van der Waals surface area contributed by atoms with Gasteiger partial charge in [0.15, 0.2) is 0 Å². The first kappa shape index (κ1) is 24.1. The third-order valence-corrected chi connectivity index (χ3v) is 4.88. The van der Waals surface area contributed by atoms with Crippen LogP contribution in [0.1, 0.15) is 69.9 Å². The number of nitrogens with zero attached hydrogens (tertiary/aromatic N) is 3. The van der Waals surface area contributed by atoms with Gasteiger partial charge in [0, 0.05) is 13.0 Å². The van der Waals surface area contributed by atoms with Crippen molar-refractivity contribution < 1.29 is 9.90 Å². The number of hydrogen-bond donors (Lipinski definition) is 1. The van der Waals surface area contributed by atoms with E-state index in [0.29, 0.717) is 5.56 Å². The molecule has 0 radical (unpaired) electrons. The van der Waals surface area contributed by atoms with Gasteiger partial charge >= 0.3 is 5.97 Å². The van der Waals surface area contributed by atoms with Crippen LogP contribution in [0, 0.1) is 11.3 Å². The number of carboxylic acid groups (broad SMARTS) is 1. The first-order chi connectivity index (χ1) is 13.6. The third kappa shape index (κ3) is 11.1. The van der Waals surface area contributed by atoms with Gasteiger partial charge in [-0.1, -0.05) is 26.0 Å². The van der Waals surface area contributed by atoms with E-state index < -0.39 is 5.97 Å². The van der Waals surface area contributed by atoms with Crippen molar-refractivity contribution in [3.8, 4) is 6.07 Å². The third-order valence-electron chi connectivity index (χ3n) is 4.88. The highest BCUT2D eigenvalue weighted by atomic mass is 16.4. The number of carbonyl (C=O) groups is 1. The maximum absolute atomic E-state index is 10.7. The van der Waals surface area contributed by atoms with Crippen LogP contribution >= 0.6 is 0 Å². The zero-order chi connectivity index (χ0) is 20.6. The van der Waals surface area contributed by atoms with E-state index in [2.05, 4.69) is 29.7 Å². The number of benzene rings is 1. The summed E-state index contributed by atoms with van der Waals surface area (Å²) in [6.45, 7) is 10.8. The highest BCUT2D eigenvalue weighted by Gasteiger charge is 2.08. The van der Waals surface area contributed by atoms with E-state index in [0.717, 1.165) is 45.4 Å². The average molecular weight is 388 g/mol. The number of carboxylic acids is 1. The maximum Gasteiger partial charge on any atom is 0.303 e. The zero-order valence-corrected chi connectivity index (χ0v) is 17.7. The number of unbranched alkanes of at least 4 members (excludes halogenated alkanes) is 2. The lowest BCUT2D eigenvalue weighted by atomic mass is 10.1. The highest BCUT2D eigenvalue weighted by Crippen LogP contribution is 2.10. The lowest BCUT2D eigenvalue weighted by molar-refractivity contribution is -0.137. The lowest BCUT2D eigenvalue weighted by Crippen LogP contribution is -2.29. The molecule has 1 N–H and O–H groups in total. The molecule has 1 aromatic carbocycles. The molecule has 0 spiro atoms. The minimum atomic E-state index is -0.717. The Hall–Kier alpha value is -1.90. The second-order valence-corrected chi connectivity index (χ2v) is 7.48. The zero-order valence-electron chi connectivity index (χ0n) is 17.7. The summed E-state index contributed by atoms with van der Waals surface area (Å²) in [6, 6.07) is 9.93. The molecular formula is C23H37N3O2. The van der Waals surface area contributed by atoms with Crippen molar-refractivity contribution in [2.45, 2.75) is 65.3 Å². The number of aliphatic carboxylic acids is 1. The van der Waals surface area contributed by atoms with Crippen molar-refractivity contribution in [3.63, 3.8) is 0 Å². The molecule has 5 heteroatoms. The van der Waals surface area contributed by atoms with Crippen LogP contribution in [-0.4, -0.2) is 53.6 Å². The second-order valence-electron chi connectivity index (χ2n) is 7.48. The van der Waals surface area contributed by atoms with Gasteiger partial charge in [-0.2, -0.15) is 5.26 Å². The molecule has 1 rings (SSSR count). The largest absolute Gasteiger partial charge is 0.481 e. The van der Waals surface area contributed by atoms with Crippen molar-refractivity contribution in [1.82, 2.24) is 9.80 Å². The van der Waals surface area contributed by atoms with Crippen LogP contribution in [0.3, 0.4) is 0 Å². The summed E-state index contributed by atoms with van der Waals surface area (Å²) in [7, 11) is 0. The molecular weight excluding hydrogens is 350 g/mol. The van der Waals surface area contributed by atoms with Gasteiger partial charge in [0.2, 0.25) is 0 Å². The SMILES string of the molecule is CCCN(CCC)CCCCN(CCCCC(=O)O)Cc1ccc(C#N)cc1. The van der Waals surface area contributed by atoms with E-state index in [1.165, 1.54) is 37.9 Å². The van der Waals surface area contributed by atoms with Crippen molar-refractivity contribution in [2.24, 2.45) is 0 Å². The van der Waals surface area contributed by atoms with Crippen LogP contribution in [0.15, 0.2) is 24.3 Å². The van der Waals surface area contributed by atoms with E-state index in [-0.39, 0.29) is 6.42 Å². The minimum Gasteiger partial charge on any atom is -0.481 e. The van der Waals surface area contributed by atoms with Crippen LogP contribution in [0.4, 0.5) is 0 Å². The van der Waals surface area contributed by atoms with E-state index in [4.69, 9.17) is 10.4 Å². The number of nitriles is 1. The maximum atomic E-state index is 10.7. The molecule has 0 bridgehead atoms. The monoisotopic (exact) mass is 387 g/mol. The first-order valence-electron chi connectivity index (χ1n) is 10.7. The normalized spacial score (nSPS) is 11.1. The Kier molecular flexibility index (Phi) is 13.0. The van der Waals surface area contributed by atoms with Gasteiger partial charge in [0.1, 0.15) is 0 Å². The Bertz CT molecular complexity index is 575. The molecule has 0 aliphatic rings. The van der Waals surface area contributed by atoms with Crippen LogP contribution in [-0.2, 0) is 11.3 Å². The van der Waals surface area contributed by atoms with Crippen LogP contribution in [0.2, 0.25) is 0 Å². The van der Waals surface area contributed by atoms with Gasteiger partial charge in [0.25, 0.3) is 0 Å². The van der Waals surface area contributed by atoms with Crippen molar-refractivity contribution in [1.29, 1.82) is 5.26 Å². The minimum absolute atomic E-state index is 0.244. The number of hydrogen-bond acceptors (Lipinski definition) is 4. The fourth-order valence-corrected chi connectivity index (χ4v) is 3.46. The van der Waals surface area contributed by atoms with Gasteiger partial charge in [-0.05, 0) is 88.9 Å². The van der Waals surface area contributed by atoms with Gasteiger partial charge in [0.05, 0.1) is 11.6 Å². The Balaban J connectivity index is 2.49. The molecule has 5 nitrogen and oxygen atoms in total. The molecule has 0 saturated heterocycles. The van der Waals surface area contributed by atoms with Gasteiger partial charge in [-0.15, -0.1) is 0 Å². The Morgan fingerprint density at radius 1 is 0.893 bits per heavy atom. The predicted molar refractivity (Wildman–Crippen MR) is 114 cm³/mol. The molecule has 0 saturated carbocycles. The topological polar surface area (TPSA) is 67.6 Å². The predicted octanol–water partition coefficient (Wildman–Crippen LogP) is 4.52. The Morgan fingerprint density at radius 2 is 1.43 bits per heavy atom. The molecule has 0 amide bonds. The quantitative estimate of drug-likeness (QED) is 0.423. The summed E-state index contributed by atoms with van der Waals surface area (Å²) in [6.07, 6.45) is 6.62. The van der Waals surface area contributed by atoms with Gasteiger partial charge in [-0.3, -0.25) is 9.69 Å². The average Bonchev–Trinajstić information content (AvgIpc) is 2.68. The van der Waals surface area contributed by atoms with Crippen molar-refractivity contribution in [2.75, 3.05) is 32.7 Å². The smallest absolute Gasteiger partial charge is 0.303 e. The van der Waals surface area contributed by atoms with E-state index >= 15 is 0 Å². The van der Waals surface area contributed by atoms with Crippen molar-refractivity contribution in [3.05, 3.63) is 35.4 Å². The summed E-state index contributed by atoms with van der Waals surface area (Å²) >= 11 is 0. The van der Waals surface area contributed by atoms with Gasteiger partial charge in [-0.25, -0.2) is 0 Å². The van der Waals surface area contributed by atoms with E-state index in [1.54, 1.807) is 0 Å². The lowest BCUT2D eigenvalue weighted by Gasteiger charge is -2.24. The molecule has 156 valence electrons. The van der Waals surface area contributed by atoms with Gasteiger partial charge < -0.3 is 10.0 Å². The molecule has 0 heterocycles. The van der Waals surface area contributed by atoms with E-state index in [9.17, 15) is 4.79 Å². The first-order valence-corrected chi connectivity index (χ1v) is 10.7. The molecule has 1 aromatic rings. The molecule has 0 aromatic heterocycles. The summed E-state index contributed by atoms with van der Waals surface area (Å²) in [4.78, 5) is 15.7. The molecule has 0 aliphatic carbocycles. The molecule has 0 fully saturated rings. The van der Waals surface area contributed by atoms with Crippen molar-refractivity contribution >= 4 is 5.97 Å². The number of rotatable bonds is 16.